The number of rotatable bonds is 1. The Labute approximate surface area is 117 Å². The van der Waals surface area contributed by atoms with Crippen LogP contribution in [0.15, 0.2) is 11.0 Å². The smallest absolute Gasteiger partial charge is 0.217 e. The van der Waals surface area contributed by atoms with Crippen molar-refractivity contribution in [2.24, 2.45) is 0 Å². The summed E-state index contributed by atoms with van der Waals surface area (Å²) >= 11 is 0. The van der Waals surface area contributed by atoms with Gasteiger partial charge in [0, 0.05) is 11.8 Å². The highest BCUT2D eigenvalue weighted by atomic mass is 32.2. The van der Waals surface area contributed by atoms with Crippen LogP contribution >= 0.6 is 0 Å². The summed E-state index contributed by atoms with van der Waals surface area (Å²) in [5.41, 5.74) is 2.06. The lowest BCUT2D eigenvalue weighted by molar-refractivity contribution is 0.0971. The number of hydrogen-bond donors (Lipinski definition) is 1. The van der Waals surface area contributed by atoms with Crippen LogP contribution in [0.5, 0.6) is 0 Å². The Balaban J connectivity index is 2.44. The van der Waals surface area contributed by atoms with Gasteiger partial charge in [-0.15, -0.1) is 0 Å². The SMILES string of the molecule is Cc1cc2c(c(S(C)=O)c1C)C(=O)c1n[nH]nc1C2=O. The van der Waals surface area contributed by atoms with E-state index in [4.69, 9.17) is 0 Å². The Bertz CT molecular complexity index is 807. The second kappa shape index (κ2) is 4.17. The first-order valence-corrected chi connectivity index (χ1v) is 7.47. The summed E-state index contributed by atoms with van der Waals surface area (Å²) in [7, 11) is -1.37. The normalized spacial score (nSPS) is 14.9. The largest absolute Gasteiger partial charge is 0.287 e. The Kier molecular flexibility index (Phi) is 2.68. The lowest BCUT2D eigenvalue weighted by Gasteiger charge is -2.18. The van der Waals surface area contributed by atoms with Crippen LogP contribution < -0.4 is 0 Å². The number of aryl methyl sites for hydroxylation is 1. The lowest BCUT2D eigenvalue weighted by atomic mass is 9.87. The first kappa shape index (κ1) is 12.9. The molecule has 20 heavy (non-hydrogen) atoms. The van der Waals surface area contributed by atoms with Gasteiger partial charge in [-0.1, -0.05) is 0 Å². The van der Waals surface area contributed by atoms with Gasteiger partial charge >= 0.3 is 0 Å². The molecule has 1 heterocycles. The van der Waals surface area contributed by atoms with Gasteiger partial charge in [0.1, 0.15) is 0 Å². The monoisotopic (exact) mass is 289 g/mol. The average molecular weight is 289 g/mol. The number of H-pyrrole nitrogens is 1. The second-order valence-corrected chi connectivity index (χ2v) is 6.02. The minimum atomic E-state index is -1.37. The first-order chi connectivity index (χ1) is 9.43. The number of fused-ring (bicyclic) bond motifs is 2. The molecule has 0 saturated carbocycles. The molecule has 1 N–H and O–H groups in total. The van der Waals surface area contributed by atoms with E-state index in [2.05, 4.69) is 15.4 Å². The van der Waals surface area contributed by atoms with Gasteiger partial charge in [0.15, 0.2) is 11.4 Å². The lowest BCUT2D eigenvalue weighted by Crippen LogP contribution is -2.24. The molecule has 1 aromatic heterocycles. The van der Waals surface area contributed by atoms with Crippen molar-refractivity contribution in [2.75, 3.05) is 6.26 Å². The van der Waals surface area contributed by atoms with E-state index in [9.17, 15) is 13.8 Å². The van der Waals surface area contributed by atoms with Crippen molar-refractivity contribution in [3.63, 3.8) is 0 Å². The van der Waals surface area contributed by atoms with Crippen LogP contribution in [0, 0.1) is 13.8 Å². The minimum Gasteiger partial charge on any atom is -0.287 e. The van der Waals surface area contributed by atoms with Gasteiger partial charge in [-0.05, 0) is 31.0 Å². The summed E-state index contributed by atoms with van der Waals surface area (Å²) in [6.45, 7) is 3.62. The highest BCUT2D eigenvalue weighted by Crippen LogP contribution is 2.32. The summed E-state index contributed by atoms with van der Waals surface area (Å²) in [6.07, 6.45) is 1.50. The van der Waals surface area contributed by atoms with E-state index >= 15 is 0 Å². The third-order valence-corrected chi connectivity index (χ3v) is 4.61. The number of aromatic amines is 1. The number of nitrogens with zero attached hydrogens (tertiary/aromatic N) is 2. The van der Waals surface area contributed by atoms with Crippen molar-refractivity contribution < 1.29 is 13.8 Å². The van der Waals surface area contributed by atoms with Gasteiger partial charge in [0.25, 0.3) is 0 Å². The summed E-state index contributed by atoms with van der Waals surface area (Å²) in [5, 5.41) is 9.76. The molecule has 6 nitrogen and oxygen atoms in total. The molecule has 1 aromatic carbocycles. The van der Waals surface area contributed by atoms with E-state index in [0.29, 0.717) is 4.90 Å². The summed E-state index contributed by atoms with van der Waals surface area (Å²) in [5.74, 6) is -0.769. The average Bonchev–Trinajstić information content (AvgIpc) is 2.87. The maximum atomic E-state index is 12.5. The highest BCUT2D eigenvalue weighted by molar-refractivity contribution is 7.84. The second-order valence-electron chi connectivity index (χ2n) is 4.70. The fraction of sp³-hybridized carbons (Fsp3) is 0.231. The van der Waals surface area contributed by atoms with Crippen LogP contribution in [0.4, 0.5) is 0 Å². The van der Waals surface area contributed by atoms with E-state index in [1.165, 1.54) is 6.26 Å². The van der Waals surface area contributed by atoms with Crippen molar-refractivity contribution in [1.82, 2.24) is 15.4 Å². The molecule has 102 valence electrons. The number of nitrogens with one attached hydrogen (secondary N) is 1. The van der Waals surface area contributed by atoms with Crippen molar-refractivity contribution in [3.05, 3.63) is 39.7 Å². The Morgan fingerprint density at radius 2 is 1.70 bits per heavy atom. The zero-order valence-electron chi connectivity index (χ0n) is 11.1. The molecule has 0 spiro atoms. The fourth-order valence-electron chi connectivity index (χ4n) is 2.44. The Morgan fingerprint density at radius 1 is 1.10 bits per heavy atom. The van der Waals surface area contributed by atoms with Crippen LogP contribution in [0.2, 0.25) is 0 Å². The molecule has 1 atom stereocenters. The molecule has 0 aliphatic heterocycles. The maximum Gasteiger partial charge on any atom is 0.217 e. The van der Waals surface area contributed by atoms with Crippen LogP contribution in [-0.2, 0) is 10.8 Å². The number of carbonyl (C=O) groups excluding carboxylic acids is 2. The molecule has 1 unspecified atom stereocenters. The quantitative estimate of drug-likeness (QED) is 0.719. The van der Waals surface area contributed by atoms with E-state index in [1.54, 1.807) is 13.0 Å². The van der Waals surface area contributed by atoms with E-state index in [1.807, 2.05) is 6.92 Å². The van der Waals surface area contributed by atoms with Crippen molar-refractivity contribution in [2.45, 2.75) is 18.7 Å². The number of ketones is 2. The number of aromatic nitrogens is 3. The fourth-order valence-corrected chi connectivity index (χ4v) is 3.53. The maximum absolute atomic E-state index is 12.5. The summed E-state index contributed by atoms with van der Waals surface area (Å²) in [4.78, 5) is 25.3. The molecule has 7 heteroatoms. The summed E-state index contributed by atoms with van der Waals surface area (Å²) in [6, 6.07) is 1.65. The van der Waals surface area contributed by atoms with Crippen LogP contribution in [0.3, 0.4) is 0 Å². The number of benzene rings is 1. The Morgan fingerprint density at radius 3 is 2.30 bits per heavy atom. The Hall–Kier alpha value is -2.15. The third kappa shape index (κ3) is 1.53. The van der Waals surface area contributed by atoms with Crippen molar-refractivity contribution >= 4 is 22.4 Å². The molecule has 0 bridgehead atoms. The van der Waals surface area contributed by atoms with Crippen molar-refractivity contribution in [1.29, 1.82) is 0 Å². The number of hydrogen-bond acceptors (Lipinski definition) is 5. The van der Waals surface area contributed by atoms with Gasteiger partial charge in [-0.25, -0.2) is 0 Å². The molecular formula is C13H11N3O3S. The highest BCUT2D eigenvalue weighted by Gasteiger charge is 2.37. The van der Waals surface area contributed by atoms with Gasteiger partial charge in [0.05, 0.1) is 21.3 Å². The van der Waals surface area contributed by atoms with E-state index < -0.39 is 16.6 Å². The molecule has 0 saturated heterocycles. The topological polar surface area (TPSA) is 92.8 Å². The van der Waals surface area contributed by atoms with E-state index in [0.717, 1.165) is 11.1 Å². The molecule has 0 radical (unpaired) electrons. The zero-order valence-corrected chi connectivity index (χ0v) is 11.9. The van der Waals surface area contributed by atoms with Crippen LogP contribution in [-0.4, -0.2) is 37.4 Å². The molecular weight excluding hydrogens is 278 g/mol. The predicted molar refractivity (Wildman–Crippen MR) is 71.5 cm³/mol. The third-order valence-electron chi connectivity index (χ3n) is 3.53. The van der Waals surface area contributed by atoms with Crippen LogP contribution in [0.25, 0.3) is 0 Å². The van der Waals surface area contributed by atoms with Crippen molar-refractivity contribution in [3.8, 4) is 0 Å². The molecule has 0 amide bonds. The molecule has 1 aliphatic carbocycles. The molecule has 2 aromatic rings. The number of carbonyl (C=O) groups is 2. The van der Waals surface area contributed by atoms with Gasteiger partial charge < -0.3 is 0 Å². The minimum absolute atomic E-state index is 0.00236. The molecule has 1 aliphatic rings. The first-order valence-electron chi connectivity index (χ1n) is 5.91. The van der Waals surface area contributed by atoms with Gasteiger partial charge in [0.2, 0.25) is 11.6 Å². The van der Waals surface area contributed by atoms with E-state index in [-0.39, 0.29) is 28.3 Å². The zero-order chi connectivity index (χ0) is 14.6. The molecule has 0 fully saturated rings. The standard InChI is InChI=1S/C13H11N3O3S/c1-5-4-7-8(13(6(5)2)20(3)19)12(18)10-9(11(7)17)14-16-15-10/h4H,1-3H3,(H,14,15,16). The summed E-state index contributed by atoms with van der Waals surface area (Å²) < 4.78 is 12.0. The predicted octanol–water partition coefficient (Wildman–Crippen LogP) is 0.934. The van der Waals surface area contributed by atoms with Gasteiger partial charge in [-0.3, -0.25) is 13.8 Å². The van der Waals surface area contributed by atoms with Gasteiger partial charge in [-0.2, -0.15) is 15.4 Å². The molecule has 3 rings (SSSR count). The van der Waals surface area contributed by atoms with Crippen LogP contribution in [0.1, 0.15) is 43.2 Å².